The molecule has 4 heteroatoms. The summed E-state index contributed by atoms with van der Waals surface area (Å²) in [6, 6.07) is 0.0529. The number of methoxy groups -OCH3 is 1. The van der Waals surface area contributed by atoms with Crippen LogP contribution in [-0.4, -0.2) is 43.3 Å². The maximum atomic E-state index is 12.1. The Bertz CT molecular complexity index is 282. The van der Waals surface area contributed by atoms with Crippen LogP contribution in [-0.2, 0) is 4.74 Å². The highest BCUT2D eigenvalue weighted by Crippen LogP contribution is 2.20. The van der Waals surface area contributed by atoms with Gasteiger partial charge < -0.3 is 15.0 Å². The van der Waals surface area contributed by atoms with Crippen LogP contribution >= 0.6 is 0 Å². The maximum absolute atomic E-state index is 12.1. The van der Waals surface area contributed by atoms with Crippen molar-refractivity contribution in [2.24, 2.45) is 0 Å². The van der Waals surface area contributed by atoms with Gasteiger partial charge in [-0.1, -0.05) is 25.0 Å². The van der Waals surface area contributed by atoms with E-state index < -0.39 is 0 Å². The van der Waals surface area contributed by atoms with Gasteiger partial charge in [-0.05, 0) is 12.8 Å². The van der Waals surface area contributed by atoms with Crippen molar-refractivity contribution in [1.29, 1.82) is 0 Å². The predicted octanol–water partition coefficient (Wildman–Crippen LogP) is 2.33. The summed E-state index contributed by atoms with van der Waals surface area (Å²) in [5, 5.41) is 3.06. The number of carbonyl (C=O) groups excluding carboxylic acids is 1. The zero-order valence-corrected chi connectivity index (χ0v) is 11.2. The summed E-state index contributed by atoms with van der Waals surface area (Å²) in [6.45, 7) is 8.38. The van der Waals surface area contributed by atoms with Crippen LogP contribution < -0.4 is 5.32 Å². The van der Waals surface area contributed by atoms with Crippen molar-refractivity contribution >= 4 is 6.03 Å². The molecule has 0 bridgehead atoms. The zero-order chi connectivity index (χ0) is 13.4. The van der Waals surface area contributed by atoms with Gasteiger partial charge in [0.05, 0.1) is 12.1 Å². The van der Waals surface area contributed by atoms with Gasteiger partial charge in [-0.3, -0.25) is 0 Å². The molecular formula is C14H24N2O2. The van der Waals surface area contributed by atoms with Crippen molar-refractivity contribution in [2.45, 2.75) is 37.8 Å². The lowest BCUT2D eigenvalue weighted by molar-refractivity contribution is 0.0435. The number of hydrogen-bond acceptors (Lipinski definition) is 2. The van der Waals surface area contributed by atoms with Gasteiger partial charge in [0, 0.05) is 20.2 Å². The van der Waals surface area contributed by atoms with E-state index in [0.717, 1.165) is 19.3 Å². The second-order valence-electron chi connectivity index (χ2n) is 4.60. The Labute approximate surface area is 110 Å². The summed E-state index contributed by atoms with van der Waals surface area (Å²) in [7, 11) is 1.71. The Kier molecular flexibility index (Phi) is 6.50. The smallest absolute Gasteiger partial charge is 0.318 e. The average molecular weight is 252 g/mol. The number of carbonyl (C=O) groups is 1. The third-order valence-electron chi connectivity index (χ3n) is 3.30. The van der Waals surface area contributed by atoms with Gasteiger partial charge in [-0.2, -0.15) is 0 Å². The Morgan fingerprint density at radius 2 is 1.94 bits per heavy atom. The van der Waals surface area contributed by atoms with E-state index in [1.165, 1.54) is 6.42 Å². The van der Waals surface area contributed by atoms with Crippen molar-refractivity contribution in [1.82, 2.24) is 10.2 Å². The lowest BCUT2D eigenvalue weighted by Gasteiger charge is -2.32. The number of ether oxygens (including phenoxy) is 1. The molecule has 0 aromatic carbocycles. The highest BCUT2D eigenvalue weighted by molar-refractivity contribution is 5.75. The quantitative estimate of drug-likeness (QED) is 0.737. The Hall–Kier alpha value is -1.29. The molecule has 0 aromatic rings. The summed E-state index contributed by atoms with van der Waals surface area (Å²) in [4.78, 5) is 13.8. The van der Waals surface area contributed by atoms with Crippen LogP contribution in [0, 0.1) is 0 Å². The molecule has 0 aromatic heterocycles. The van der Waals surface area contributed by atoms with Crippen LogP contribution in [0.25, 0.3) is 0 Å². The molecule has 0 heterocycles. The largest absolute Gasteiger partial charge is 0.379 e. The molecule has 0 saturated heterocycles. The van der Waals surface area contributed by atoms with Crippen molar-refractivity contribution < 1.29 is 9.53 Å². The molecule has 0 unspecified atom stereocenters. The summed E-state index contributed by atoms with van der Waals surface area (Å²) in [5.74, 6) is 0. The fraction of sp³-hybridized carbons (Fsp3) is 0.643. The molecule has 0 spiro atoms. The third kappa shape index (κ3) is 4.18. The monoisotopic (exact) mass is 252 g/mol. The Morgan fingerprint density at radius 3 is 2.50 bits per heavy atom. The van der Waals surface area contributed by atoms with E-state index in [4.69, 9.17) is 4.74 Å². The topological polar surface area (TPSA) is 41.6 Å². The molecule has 102 valence electrons. The van der Waals surface area contributed by atoms with Gasteiger partial charge in [-0.15, -0.1) is 13.2 Å². The highest BCUT2D eigenvalue weighted by Gasteiger charge is 2.27. The minimum Gasteiger partial charge on any atom is -0.379 e. The molecule has 1 aliphatic rings. The zero-order valence-electron chi connectivity index (χ0n) is 11.2. The fourth-order valence-electron chi connectivity index (χ4n) is 2.35. The van der Waals surface area contributed by atoms with E-state index in [9.17, 15) is 4.79 Å². The molecule has 1 fully saturated rings. The van der Waals surface area contributed by atoms with Crippen LogP contribution in [0.3, 0.4) is 0 Å². The molecule has 1 saturated carbocycles. The molecule has 0 aliphatic heterocycles. The van der Waals surface area contributed by atoms with E-state index in [-0.39, 0.29) is 18.2 Å². The minimum atomic E-state index is -0.0660. The molecule has 0 radical (unpaired) electrons. The Balaban J connectivity index is 2.54. The molecule has 2 amide bonds. The van der Waals surface area contributed by atoms with Crippen molar-refractivity contribution in [3.05, 3.63) is 25.3 Å². The standard InChI is InChI=1S/C14H24N2O2/c1-4-10-16(11-5-2)14(17)15-12-8-6-7-9-13(12)18-3/h4-5,12-13H,1-2,6-11H2,3H3,(H,15,17)/t12-,13-/m0/s1. The van der Waals surface area contributed by atoms with E-state index in [0.29, 0.717) is 13.1 Å². The highest BCUT2D eigenvalue weighted by atomic mass is 16.5. The van der Waals surface area contributed by atoms with Gasteiger partial charge in [0.1, 0.15) is 0 Å². The van der Waals surface area contributed by atoms with Gasteiger partial charge in [0.25, 0.3) is 0 Å². The van der Waals surface area contributed by atoms with Gasteiger partial charge in [0.2, 0.25) is 0 Å². The Morgan fingerprint density at radius 1 is 1.33 bits per heavy atom. The number of rotatable bonds is 6. The van der Waals surface area contributed by atoms with Crippen LogP contribution in [0.5, 0.6) is 0 Å². The SMILES string of the molecule is C=CCN(CC=C)C(=O)N[C@H]1CCCC[C@@H]1OC. The van der Waals surface area contributed by atoms with Crippen LogP contribution in [0.2, 0.25) is 0 Å². The second-order valence-corrected chi connectivity index (χ2v) is 4.60. The van der Waals surface area contributed by atoms with Gasteiger partial charge in [-0.25, -0.2) is 4.79 Å². The number of nitrogens with one attached hydrogen (secondary N) is 1. The second kappa shape index (κ2) is 7.93. The minimum absolute atomic E-state index is 0.0660. The van der Waals surface area contributed by atoms with Crippen molar-refractivity contribution in [3.63, 3.8) is 0 Å². The maximum Gasteiger partial charge on any atom is 0.318 e. The molecular weight excluding hydrogens is 228 g/mol. The molecule has 1 aliphatic carbocycles. The predicted molar refractivity (Wildman–Crippen MR) is 73.6 cm³/mol. The van der Waals surface area contributed by atoms with E-state index in [1.807, 2.05) is 0 Å². The molecule has 1 rings (SSSR count). The molecule has 1 N–H and O–H groups in total. The first-order valence-electron chi connectivity index (χ1n) is 6.53. The average Bonchev–Trinajstić information content (AvgIpc) is 2.39. The summed E-state index contributed by atoms with van der Waals surface area (Å²) in [5.41, 5.74) is 0. The van der Waals surface area contributed by atoms with Crippen LogP contribution in [0.4, 0.5) is 4.79 Å². The van der Waals surface area contributed by atoms with E-state index in [1.54, 1.807) is 24.2 Å². The van der Waals surface area contributed by atoms with Gasteiger partial charge >= 0.3 is 6.03 Å². The lowest BCUT2D eigenvalue weighted by Crippen LogP contribution is -2.51. The van der Waals surface area contributed by atoms with Crippen LogP contribution in [0.1, 0.15) is 25.7 Å². The third-order valence-corrected chi connectivity index (χ3v) is 3.30. The number of nitrogens with zero attached hydrogens (tertiary/aromatic N) is 1. The number of hydrogen-bond donors (Lipinski definition) is 1. The van der Waals surface area contributed by atoms with Crippen molar-refractivity contribution in [2.75, 3.05) is 20.2 Å². The molecule has 4 nitrogen and oxygen atoms in total. The first kappa shape index (κ1) is 14.8. The normalized spacial score (nSPS) is 23.2. The van der Waals surface area contributed by atoms with E-state index >= 15 is 0 Å². The number of amides is 2. The molecule has 2 atom stereocenters. The lowest BCUT2D eigenvalue weighted by atomic mass is 9.92. The summed E-state index contributed by atoms with van der Waals surface area (Å²) in [6.07, 6.45) is 7.90. The first-order chi connectivity index (χ1) is 8.72. The number of urea groups is 1. The van der Waals surface area contributed by atoms with E-state index in [2.05, 4.69) is 18.5 Å². The first-order valence-corrected chi connectivity index (χ1v) is 6.53. The van der Waals surface area contributed by atoms with Crippen molar-refractivity contribution in [3.8, 4) is 0 Å². The van der Waals surface area contributed by atoms with Crippen LogP contribution in [0.15, 0.2) is 25.3 Å². The summed E-state index contributed by atoms with van der Waals surface area (Å²) >= 11 is 0. The molecule has 18 heavy (non-hydrogen) atoms. The van der Waals surface area contributed by atoms with Gasteiger partial charge in [0.15, 0.2) is 0 Å². The fourth-order valence-corrected chi connectivity index (χ4v) is 2.35. The summed E-state index contributed by atoms with van der Waals surface area (Å²) < 4.78 is 5.43.